The van der Waals surface area contributed by atoms with Crippen LogP contribution in [0.5, 0.6) is 0 Å². The molecule has 5 fully saturated rings. The smallest absolute Gasteiger partial charge is 0.0596 e. The Morgan fingerprint density at radius 3 is 2.41 bits per heavy atom. The van der Waals surface area contributed by atoms with Crippen molar-refractivity contribution in [1.29, 1.82) is 0 Å². The Morgan fingerprint density at radius 2 is 1.64 bits per heavy atom. The molecule has 2 heteroatoms. The molecule has 1 spiro atoms. The molecule has 0 aromatic heterocycles. The fraction of sp³-hybridized carbons (Fsp3) is 1.00. The minimum Gasteiger partial charge on any atom is -0.393 e. The van der Waals surface area contributed by atoms with Gasteiger partial charge in [0.25, 0.3) is 0 Å². The van der Waals surface area contributed by atoms with Crippen molar-refractivity contribution in [2.24, 2.45) is 34.5 Å². The molecule has 0 unspecified atom stereocenters. The van der Waals surface area contributed by atoms with Crippen LogP contribution < -0.4 is 0 Å². The van der Waals surface area contributed by atoms with E-state index >= 15 is 0 Å². The number of fused-ring (bicyclic) bond motifs is 5. The maximum absolute atomic E-state index is 10.5. The van der Waals surface area contributed by atoms with Crippen molar-refractivity contribution < 1.29 is 5.11 Å². The zero-order chi connectivity index (χ0) is 15.2. The zero-order valence-electron chi connectivity index (χ0n) is 14.3. The lowest BCUT2D eigenvalue weighted by atomic mass is 9.44. The molecule has 1 nitrogen and oxygen atoms in total. The van der Waals surface area contributed by atoms with Crippen LogP contribution in [-0.2, 0) is 0 Å². The Morgan fingerprint density at radius 1 is 0.864 bits per heavy atom. The van der Waals surface area contributed by atoms with Crippen LogP contribution in [0, 0.1) is 34.5 Å². The van der Waals surface area contributed by atoms with Crippen molar-refractivity contribution in [3.63, 3.8) is 0 Å². The second-order valence-electron chi connectivity index (χ2n) is 9.97. The predicted molar refractivity (Wildman–Crippen MR) is 92.9 cm³/mol. The summed E-state index contributed by atoms with van der Waals surface area (Å²) in [6.45, 7) is 5.08. The third-order valence-corrected chi connectivity index (χ3v) is 10.8. The van der Waals surface area contributed by atoms with E-state index in [0.717, 1.165) is 34.8 Å². The Balaban J connectivity index is 1.44. The lowest BCUT2D eigenvalue weighted by Crippen LogP contribution is -2.54. The molecular formula is C20H32OS. The number of rotatable bonds is 0. The van der Waals surface area contributed by atoms with Gasteiger partial charge in [-0.3, -0.25) is 0 Å². The first-order valence-corrected chi connectivity index (χ1v) is 10.8. The van der Waals surface area contributed by atoms with Crippen LogP contribution in [0.3, 0.4) is 0 Å². The minimum atomic E-state index is -0.0125. The Kier molecular flexibility index (Phi) is 2.98. The highest BCUT2D eigenvalue weighted by molar-refractivity contribution is 8.07. The zero-order valence-corrected chi connectivity index (χ0v) is 15.1. The van der Waals surface area contributed by atoms with Crippen molar-refractivity contribution in [2.75, 3.05) is 5.75 Å². The van der Waals surface area contributed by atoms with Gasteiger partial charge in [0.05, 0.1) is 6.10 Å². The highest BCUT2D eigenvalue weighted by Gasteiger charge is 2.62. The van der Waals surface area contributed by atoms with Crippen molar-refractivity contribution in [2.45, 2.75) is 82.5 Å². The summed E-state index contributed by atoms with van der Waals surface area (Å²) in [7, 11) is 0. The Bertz CT molecular complexity index is 486. The molecule has 0 radical (unpaired) electrons. The van der Waals surface area contributed by atoms with Gasteiger partial charge in [-0.2, -0.15) is 11.8 Å². The molecule has 4 saturated carbocycles. The molecule has 5 aliphatic rings. The molecule has 0 aromatic rings. The number of aliphatic hydroxyl groups is 1. The number of hydrogen-bond donors (Lipinski definition) is 1. The number of thioether (sulfide) groups is 1. The summed E-state index contributed by atoms with van der Waals surface area (Å²) in [5.74, 6) is 5.19. The molecular weight excluding hydrogens is 288 g/mol. The molecule has 8 atom stereocenters. The van der Waals surface area contributed by atoms with Crippen LogP contribution in [0.15, 0.2) is 0 Å². The SMILES string of the molecule is C[C@]12CC[C@]3(CS3)C[C@@H]1CC[C@@H]1[C@@H]2CC[C@]2(C)[C@H](O)CC[C@@H]12. The van der Waals surface area contributed by atoms with Gasteiger partial charge in [-0.15, -0.1) is 0 Å². The summed E-state index contributed by atoms with van der Waals surface area (Å²) >= 11 is 2.26. The standard InChI is InChI=1S/C20H32OS/c1-18-9-10-20(12-22-20)11-13(18)3-4-14-15-5-6-17(21)19(15,2)8-7-16(14)18/h13-17,21H,3-12H2,1-2H3/t13-,14-,15-,16-,17+,18-,19-,20+/m0/s1. The summed E-state index contributed by atoms with van der Waals surface area (Å²) in [4.78, 5) is 0. The maximum atomic E-state index is 10.5. The summed E-state index contributed by atoms with van der Waals surface area (Å²) in [5, 5.41) is 10.5. The third kappa shape index (κ3) is 1.78. The molecule has 5 rings (SSSR count). The summed E-state index contributed by atoms with van der Waals surface area (Å²) in [5.41, 5.74) is 0.888. The van der Waals surface area contributed by atoms with E-state index in [2.05, 4.69) is 25.6 Å². The van der Waals surface area contributed by atoms with E-state index in [4.69, 9.17) is 0 Å². The topological polar surface area (TPSA) is 20.2 Å². The number of aliphatic hydroxyl groups excluding tert-OH is 1. The van der Waals surface area contributed by atoms with Crippen molar-refractivity contribution in [3.8, 4) is 0 Å². The molecule has 1 saturated heterocycles. The van der Waals surface area contributed by atoms with Crippen LogP contribution in [-0.4, -0.2) is 21.7 Å². The van der Waals surface area contributed by atoms with E-state index in [1.165, 1.54) is 57.1 Å². The van der Waals surface area contributed by atoms with Gasteiger partial charge in [-0.25, -0.2) is 0 Å². The van der Waals surface area contributed by atoms with Crippen molar-refractivity contribution in [3.05, 3.63) is 0 Å². The van der Waals surface area contributed by atoms with Crippen LogP contribution in [0.25, 0.3) is 0 Å². The molecule has 0 bridgehead atoms. The third-order valence-electron chi connectivity index (χ3n) is 9.31. The van der Waals surface area contributed by atoms with E-state index in [0.29, 0.717) is 5.41 Å². The average Bonchev–Trinajstić information content (AvgIpc) is 3.19. The first-order valence-electron chi connectivity index (χ1n) is 9.79. The Labute approximate surface area is 140 Å². The lowest BCUT2D eigenvalue weighted by molar-refractivity contribution is -0.122. The fourth-order valence-corrected chi connectivity index (χ4v) is 8.68. The quantitative estimate of drug-likeness (QED) is 0.642. The van der Waals surface area contributed by atoms with E-state index < -0.39 is 0 Å². The maximum Gasteiger partial charge on any atom is 0.0596 e. The molecule has 1 aliphatic heterocycles. The van der Waals surface area contributed by atoms with Crippen LogP contribution in [0.2, 0.25) is 0 Å². The van der Waals surface area contributed by atoms with Gasteiger partial charge in [-0.1, -0.05) is 13.8 Å². The van der Waals surface area contributed by atoms with E-state index in [9.17, 15) is 5.11 Å². The molecule has 0 aromatic carbocycles. The monoisotopic (exact) mass is 320 g/mol. The predicted octanol–water partition coefficient (Wildman–Crippen LogP) is 4.88. The van der Waals surface area contributed by atoms with Gasteiger partial charge in [0.2, 0.25) is 0 Å². The second-order valence-corrected chi connectivity index (χ2v) is 11.4. The minimum absolute atomic E-state index is 0.0125. The molecule has 22 heavy (non-hydrogen) atoms. The fourth-order valence-electron chi connectivity index (χ4n) is 7.64. The van der Waals surface area contributed by atoms with Crippen LogP contribution >= 0.6 is 11.8 Å². The average molecular weight is 321 g/mol. The molecule has 4 aliphatic carbocycles. The summed E-state index contributed by atoms with van der Waals surface area (Å²) < 4.78 is 0.740. The summed E-state index contributed by atoms with van der Waals surface area (Å²) in [6.07, 6.45) is 12.6. The molecule has 124 valence electrons. The lowest BCUT2D eigenvalue weighted by Gasteiger charge is -2.61. The van der Waals surface area contributed by atoms with Crippen LogP contribution in [0.1, 0.15) is 71.6 Å². The Hall–Kier alpha value is 0.310. The van der Waals surface area contributed by atoms with Gasteiger partial charge in [0.15, 0.2) is 0 Å². The second kappa shape index (κ2) is 4.48. The van der Waals surface area contributed by atoms with Gasteiger partial charge >= 0.3 is 0 Å². The molecule has 1 heterocycles. The normalized spacial score (nSPS) is 63.1. The molecule has 1 N–H and O–H groups in total. The summed E-state index contributed by atoms with van der Waals surface area (Å²) in [6, 6.07) is 0. The first-order chi connectivity index (χ1) is 10.5. The largest absolute Gasteiger partial charge is 0.393 e. The highest BCUT2D eigenvalue weighted by atomic mass is 32.2. The van der Waals surface area contributed by atoms with E-state index in [-0.39, 0.29) is 11.5 Å². The van der Waals surface area contributed by atoms with Gasteiger partial charge in [0.1, 0.15) is 0 Å². The number of hydrogen-bond acceptors (Lipinski definition) is 2. The van der Waals surface area contributed by atoms with Crippen molar-refractivity contribution in [1.82, 2.24) is 0 Å². The highest BCUT2D eigenvalue weighted by Crippen LogP contribution is 2.69. The van der Waals surface area contributed by atoms with Gasteiger partial charge in [-0.05, 0) is 92.3 Å². The van der Waals surface area contributed by atoms with E-state index in [1.807, 2.05) is 0 Å². The van der Waals surface area contributed by atoms with Gasteiger partial charge < -0.3 is 5.11 Å². The van der Waals surface area contributed by atoms with Crippen molar-refractivity contribution >= 4 is 11.8 Å². The molecule has 0 amide bonds. The van der Waals surface area contributed by atoms with E-state index in [1.54, 1.807) is 0 Å². The first kappa shape index (κ1) is 14.6. The van der Waals surface area contributed by atoms with Crippen LogP contribution in [0.4, 0.5) is 0 Å². The van der Waals surface area contributed by atoms with Gasteiger partial charge in [0, 0.05) is 10.5 Å².